The van der Waals surface area contributed by atoms with Gasteiger partial charge in [-0.15, -0.1) is 0 Å². The number of carbonyl (C=O) groups excluding carboxylic acids is 1. The van der Waals surface area contributed by atoms with Crippen LogP contribution in [0.1, 0.15) is 12.0 Å². The molecule has 0 aromatic heterocycles. The zero-order valence-corrected chi connectivity index (χ0v) is 10.9. The number of benzene rings is 1. The van der Waals surface area contributed by atoms with Crippen LogP contribution in [0.25, 0.3) is 0 Å². The largest absolute Gasteiger partial charge is 0.341 e. The fraction of sp³-hybridized carbons (Fsp3) is 0.462. The average molecular weight is 250 g/mol. The van der Waals surface area contributed by atoms with Crippen LogP contribution < -0.4 is 0 Å². The van der Waals surface area contributed by atoms with Crippen LogP contribution in [-0.2, 0) is 11.2 Å². The second-order valence-corrected chi connectivity index (χ2v) is 5.07. The van der Waals surface area contributed by atoms with Crippen molar-refractivity contribution in [2.75, 3.05) is 20.1 Å². The average Bonchev–Trinajstić information content (AvgIpc) is 2.69. The first-order valence-corrected chi connectivity index (χ1v) is 6.33. The highest BCUT2D eigenvalue weighted by atomic mass is 32.1. The van der Waals surface area contributed by atoms with E-state index in [1.165, 1.54) is 5.56 Å². The Hall–Kier alpha value is -1.00. The van der Waals surface area contributed by atoms with Gasteiger partial charge in [-0.2, -0.15) is 0 Å². The number of likely N-dealkylation sites (N-methyl/N-ethyl adjacent to an activating group) is 1. The molecule has 1 aromatic carbocycles. The molecule has 1 aliphatic heterocycles. The minimum Gasteiger partial charge on any atom is -0.341 e. The molecule has 92 valence electrons. The van der Waals surface area contributed by atoms with Crippen molar-refractivity contribution in [3.8, 4) is 0 Å². The molecule has 1 aliphatic rings. The van der Waals surface area contributed by atoms with Crippen LogP contribution in [0.4, 0.5) is 0 Å². The van der Waals surface area contributed by atoms with Gasteiger partial charge in [-0.1, -0.05) is 43.1 Å². The number of rotatable bonds is 4. The third kappa shape index (κ3) is 3.01. The van der Waals surface area contributed by atoms with Crippen molar-refractivity contribution < 1.29 is 4.79 Å². The van der Waals surface area contributed by atoms with Crippen molar-refractivity contribution in [3.05, 3.63) is 35.9 Å². The van der Waals surface area contributed by atoms with E-state index in [1.54, 1.807) is 4.31 Å². The Balaban J connectivity index is 1.87. The van der Waals surface area contributed by atoms with E-state index in [4.69, 9.17) is 0 Å². The van der Waals surface area contributed by atoms with Gasteiger partial charge >= 0.3 is 0 Å². The molecule has 0 N–H and O–H groups in total. The normalized spacial score (nSPS) is 20.3. The Kier molecular flexibility index (Phi) is 4.07. The quantitative estimate of drug-likeness (QED) is 0.821. The van der Waals surface area contributed by atoms with Crippen LogP contribution in [0.5, 0.6) is 0 Å². The summed E-state index contributed by atoms with van der Waals surface area (Å²) >= 11 is 4.22. The molecule has 4 heteroatoms. The summed E-state index contributed by atoms with van der Waals surface area (Å²) in [5.41, 5.74) is 1.28. The van der Waals surface area contributed by atoms with Gasteiger partial charge in [0.25, 0.3) is 0 Å². The summed E-state index contributed by atoms with van der Waals surface area (Å²) in [7, 11) is 1.84. The minimum absolute atomic E-state index is 0.0471. The van der Waals surface area contributed by atoms with E-state index in [0.29, 0.717) is 0 Å². The highest BCUT2D eigenvalue weighted by Crippen LogP contribution is 2.17. The Labute approximate surface area is 108 Å². The van der Waals surface area contributed by atoms with Crippen molar-refractivity contribution in [2.45, 2.75) is 18.9 Å². The molecule has 1 saturated heterocycles. The lowest BCUT2D eigenvalue weighted by atomic mass is 10.1. The molecule has 0 bridgehead atoms. The summed E-state index contributed by atoms with van der Waals surface area (Å²) in [4.78, 5) is 13.9. The molecular formula is C13H18N2OS. The number of carbonyl (C=O) groups is 1. The Morgan fingerprint density at radius 2 is 2.12 bits per heavy atom. The maximum atomic E-state index is 12.0. The molecule has 0 saturated carbocycles. The van der Waals surface area contributed by atoms with E-state index >= 15 is 0 Å². The lowest BCUT2D eigenvalue weighted by Crippen LogP contribution is -2.36. The van der Waals surface area contributed by atoms with Gasteiger partial charge in [0.15, 0.2) is 0 Å². The number of hydrogen-bond donors (Lipinski definition) is 1. The number of hydrogen-bond acceptors (Lipinski definition) is 3. The van der Waals surface area contributed by atoms with E-state index in [1.807, 2.05) is 30.1 Å². The number of amides is 1. The van der Waals surface area contributed by atoms with Crippen molar-refractivity contribution in [3.63, 3.8) is 0 Å². The highest BCUT2D eigenvalue weighted by molar-refractivity contribution is 7.77. The van der Waals surface area contributed by atoms with E-state index in [0.717, 1.165) is 25.9 Å². The summed E-state index contributed by atoms with van der Waals surface area (Å²) in [5, 5.41) is 0. The lowest BCUT2D eigenvalue weighted by molar-refractivity contribution is -0.130. The fourth-order valence-electron chi connectivity index (χ4n) is 2.20. The van der Waals surface area contributed by atoms with E-state index in [2.05, 4.69) is 24.9 Å². The molecule has 1 aromatic rings. The monoisotopic (exact) mass is 250 g/mol. The smallest absolute Gasteiger partial charge is 0.240 e. The maximum absolute atomic E-state index is 12.0. The predicted molar refractivity (Wildman–Crippen MR) is 71.9 cm³/mol. The van der Waals surface area contributed by atoms with Gasteiger partial charge < -0.3 is 4.90 Å². The third-order valence-corrected chi connectivity index (χ3v) is 3.51. The zero-order chi connectivity index (χ0) is 12.3. The molecule has 1 atom stereocenters. The van der Waals surface area contributed by atoms with Gasteiger partial charge in [0, 0.05) is 13.1 Å². The second kappa shape index (κ2) is 5.56. The number of thiol groups is 1. The molecule has 0 radical (unpaired) electrons. The van der Waals surface area contributed by atoms with Gasteiger partial charge in [-0.25, -0.2) is 4.31 Å². The van der Waals surface area contributed by atoms with Crippen LogP contribution in [0.2, 0.25) is 0 Å². The Bertz CT molecular complexity index is 380. The SMILES string of the molecule is CN(S)[C@H]1CCN(CCc2ccccc2)C1=O. The Morgan fingerprint density at radius 3 is 2.71 bits per heavy atom. The van der Waals surface area contributed by atoms with Gasteiger partial charge in [-0.05, 0) is 25.5 Å². The van der Waals surface area contributed by atoms with Crippen molar-refractivity contribution >= 4 is 18.7 Å². The topological polar surface area (TPSA) is 23.6 Å². The van der Waals surface area contributed by atoms with Gasteiger partial charge in [0.05, 0.1) is 0 Å². The first kappa shape index (κ1) is 12.5. The molecule has 1 heterocycles. The van der Waals surface area contributed by atoms with Crippen LogP contribution >= 0.6 is 12.8 Å². The third-order valence-electron chi connectivity index (χ3n) is 3.23. The number of nitrogens with zero attached hydrogens (tertiary/aromatic N) is 2. The molecule has 2 rings (SSSR count). The van der Waals surface area contributed by atoms with Gasteiger partial charge in [-0.3, -0.25) is 4.79 Å². The summed E-state index contributed by atoms with van der Waals surface area (Å²) in [5.74, 6) is 0.207. The van der Waals surface area contributed by atoms with Crippen molar-refractivity contribution in [1.29, 1.82) is 0 Å². The molecular weight excluding hydrogens is 232 g/mol. The van der Waals surface area contributed by atoms with Gasteiger partial charge in [0.1, 0.15) is 6.04 Å². The van der Waals surface area contributed by atoms with Crippen LogP contribution in [0.3, 0.4) is 0 Å². The molecule has 0 aliphatic carbocycles. The molecule has 3 nitrogen and oxygen atoms in total. The Morgan fingerprint density at radius 1 is 1.41 bits per heavy atom. The van der Waals surface area contributed by atoms with Crippen LogP contribution in [0, 0.1) is 0 Å². The minimum atomic E-state index is -0.0471. The highest BCUT2D eigenvalue weighted by Gasteiger charge is 2.32. The predicted octanol–water partition coefficient (Wildman–Crippen LogP) is 1.61. The molecule has 1 fully saturated rings. The van der Waals surface area contributed by atoms with Crippen LogP contribution in [0.15, 0.2) is 30.3 Å². The fourth-order valence-corrected chi connectivity index (χ4v) is 2.41. The molecule has 0 unspecified atom stereocenters. The van der Waals surface area contributed by atoms with E-state index < -0.39 is 0 Å². The van der Waals surface area contributed by atoms with Crippen molar-refractivity contribution in [2.24, 2.45) is 0 Å². The first-order chi connectivity index (χ1) is 8.18. The second-order valence-electron chi connectivity index (χ2n) is 4.44. The molecule has 0 spiro atoms. The van der Waals surface area contributed by atoms with E-state index in [-0.39, 0.29) is 11.9 Å². The van der Waals surface area contributed by atoms with Gasteiger partial charge in [0.2, 0.25) is 5.91 Å². The standard InChI is InChI=1S/C13H18N2OS/c1-14(17)12-8-10-15(13(12)16)9-7-11-5-3-2-4-6-11/h2-6,12,17H,7-10H2,1H3/t12-/m0/s1. The summed E-state index contributed by atoms with van der Waals surface area (Å²) in [6.45, 7) is 1.65. The lowest BCUT2D eigenvalue weighted by Gasteiger charge is -2.19. The summed E-state index contributed by atoms with van der Waals surface area (Å²) in [6.07, 6.45) is 1.81. The zero-order valence-electron chi connectivity index (χ0n) is 10.0. The van der Waals surface area contributed by atoms with E-state index in [9.17, 15) is 4.79 Å². The summed E-state index contributed by atoms with van der Waals surface area (Å²) < 4.78 is 1.71. The van der Waals surface area contributed by atoms with Crippen molar-refractivity contribution in [1.82, 2.24) is 9.21 Å². The molecule has 1 amide bonds. The summed E-state index contributed by atoms with van der Waals surface area (Å²) in [6, 6.07) is 10.2. The van der Waals surface area contributed by atoms with Crippen LogP contribution in [-0.4, -0.2) is 41.3 Å². The first-order valence-electron chi connectivity index (χ1n) is 5.93. The molecule has 17 heavy (non-hydrogen) atoms. The maximum Gasteiger partial charge on any atom is 0.240 e. The number of likely N-dealkylation sites (tertiary alicyclic amines) is 1.